The number of primary amides is 1. The van der Waals surface area contributed by atoms with Crippen molar-refractivity contribution >= 4 is 17.3 Å². The minimum absolute atomic E-state index is 0.0230. The highest BCUT2D eigenvalue weighted by molar-refractivity contribution is 5.75. The van der Waals surface area contributed by atoms with Gasteiger partial charge in [-0.2, -0.15) is 0 Å². The van der Waals surface area contributed by atoms with E-state index in [0.29, 0.717) is 18.0 Å². The molecule has 1 unspecified atom stereocenters. The summed E-state index contributed by atoms with van der Waals surface area (Å²) in [6.45, 7) is 4.56. The van der Waals surface area contributed by atoms with Gasteiger partial charge in [-0.15, -0.1) is 0 Å². The summed E-state index contributed by atoms with van der Waals surface area (Å²) < 4.78 is 5.53. The predicted molar refractivity (Wildman–Crippen MR) is 73.5 cm³/mol. The van der Waals surface area contributed by atoms with Gasteiger partial charge in [0.1, 0.15) is 5.75 Å². The molecule has 0 fully saturated rings. The highest BCUT2D eigenvalue weighted by Gasteiger charge is 2.07. The molecule has 0 aliphatic carbocycles. The van der Waals surface area contributed by atoms with Crippen molar-refractivity contribution in [3.8, 4) is 5.75 Å². The van der Waals surface area contributed by atoms with E-state index in [2.05, 4.69) is 5.32 Å². The van der Waals surface area contributed by atoms with Gasteiger partial charge in [0, 0.05) is 24.2 Å². The average molecular weight is 251 g/mol. The first-order valence-electron chi connectivity index (χ1n) is 6.10. The van der Waals surface area contributed by atoms with Crippen LogP contribution in [0.1, 0.15) is 26.7 Å². The number of hydrogen-bond acceptors (Lipinski definition) is 4. The van der Waals surface area contributed by atoms with E-state index >= 15 is 0 Å². The van der Waals surface area contributed by atoms with Gasteiger partial charge in [0.2, 0.25) is 5.91 Å². The standard InChI is InChI=1S/C13H21N3O2/c1-3-6-18-12-8-10(4-5-11(12)14)16-9(2)7-13(15)17/h4-5,8-9,16H,3,6-7,14H2,1-2H3,(H2,15,17). The molecule has 0 saturated carbocycles. The molecular weight excluding hydrogens is 230 g/mol. The number of rotatable bonds is 7. The number of anilines is 2. The molecule has 5 nitrogen and oxygen atoms in total. The van der Waals surface area contributed by atoms with E-state index in [1.807, 2.05) is 26.0 Å². The van der Waals surface area contributed by atoms with E-state index in [4.69, 9.17) is 16.2 Å². The molecule has 18 heavy (non-hydrogen) atoms. The number of ether oxygens (including phenoxy) is 1. The Morgan fingerprint density at radius 3 is 2.83 bits per heavy atom. The monoisotopic (exact) mass is 251 g/mol. The lowest BCUT2D eigenvalue weighted by Crippen LogP contribution is -2.24. The normalized spacial score (nSPS) is 11.9. The van der Waals surface area contributed by atoms with Crippen LogP contribution < -0.4 is 21.5 Å². The molecule has 1 amide bonds. The van der Waals surface area contributed by atoms with Crippen LogP contribution in [-0.2, 0) is 4.79 Å². The van der Waals surface area contributed by atoms with Crippen molar-refractivity contribution in [3.63, 3.8) is 0 Å². The first kappa shape index (κ1) is 14.2. The number of benzene rings is 1. The van der Waals surface area contributed by atoms with Crippen LogP contribution in [0.4, 0.5) is 11.4 Å². The number of carbonyl (C=O) groups is 1. The van der Waals surface area contributed by atoms with Crippen LogP contribution in [-0.4, -0.2) is 18.6 Å². The zero-order valence-corrected chi connectivity index (χ0v) is 10.9. The third kappa shape index (κ3) is 4.53. The summed E-state index contributed by atoms with van der Waals surface area (Å²) in [5.74, 6) is 0.334. The Morgan fingerprint density at radius 2 is 2.22 bits per heavy atom. The zero-order valence-electron chi connectivity index (χ0n) is 10.9. The summed E-state index contributed by atoms with van der Waals surface area (Å²) in [6.07, 6.45) is 1.21. The number of amides is 1. The maximum absolute atomic E-state index is 10.8. The van der Waals surface area contributed by atoms with Gasteiger partial charge in [0.05, 0.1) is 12.3 Å². The Kier molecular flexibility index (Phi) is 5.30. The van der Waals surface area contributed by atoms with Crippen molar-refractivity contribution in [3.05, 3.63) is 18.2 Å². The van der Waals surface area contributed by atoms with Gasteiger partial charge in [-0.1, -0.05) is 6.92 Å². The van der Waals surface area contributed by atoms with Crippen molar-refractivity contribution in [1.29, 1.82) is 0 Å². The number of nitrogens with two attached hydrogens (primary N) is 2. The number of hydrogen-bond donors (Lipinski definition) is 3. The van der Waals surface area contributed by atoms with Crippen molar-refractivity contribution in [2.24, 2.45) is 5.73 Å². The lowest BCUT2D eigenvalue weighted by atomic mass is 10.2. The molecule has 1 rings (SSSR count). The SMILES string of the molecule is CCCOc1cc(NC(C)CC(N)=O)ccc1N. The van der Waals surface area contributed by atoms with Crippen molar-refractivity contribution in [1.82, 2.24) is 0 Å². The van der Waals surface area contributed by atoms with Crippen LogP contribution in [0, 0.1) is 0 Å². The van der Waals surface area contributed by atoms with Crippen molar-refractivity contribution in [2.75, 3.05) is 17.7 Å². The van der Waals surface area contributed by atoms with Gasteiger partial charge in [0.15, 0.2) is 0 Å². The second-order valence-corrected chi connectivity index (χ2v) is 4.32. The minimum Gasteiger partial charge on any atom is -0.491 e. The molecule has 100 valence electrons. The number of carbonyl (C=O) groups excluding carboxylic acids is 1. The third-order valence-corrected chi connectivity index (χ3v) is 2.40. The van der Waals surface area contributed by atoms with Crippen LogP contribution in [0.2, 0.25) is 0 Å². The first-order chi connectivity index (χ1) is 8.52. The molecule has 0 bridgehead atoms. The fourth-order valence-corrected chi connectivity index (χ4v) is 1.60. The van der Waals surface area contributed by atoms with Gasteiger partial charge >= 0.3 is 0 Å². The number of nitrogens with one attached hydrogen (secondary N) is 1. The molecule has 0 aliphatic rings. The van der Waals surface area contributed by atoms with E-state index < -0.39 is 0 Å². The Morgan fingerprint density at radius 1 is 1.50 bits per heavy atom. The van der Waals surface area contributed by atoms with Crippen LogP contribution >= 0.6 is 0 Å². The van der Waals surface area contributed by atoms with Gasteiger partial charge in [-0.05, 0) is 25.5 Å². The van der Waals surface area contributed by atoms with Crippen molar-refractivity contribution in [2.45, 2.75) is 32.7 Å². The van der Waals surface area contributed by atoms with E-state index in [1.165, 1.54) is 0 Å². The van der Waals surface area contributed by atoms with Gasteiger partial charge in [0.25, 0.3) is 0 Å². The van der Waals surface area contributed by atoms with Gasteiger partial charge < -0.3 is 21.5 Å². The maximum Gasteiger partial charge on any atom is 0.219 e. The summed E-state index contributed by atoms with van der Waals surface area (Å²) in [5.41, 5.74) is 12.4. The molecule has 5 N–H and O–H groups in total. The fourth-order valence-electron chi connectivity index (χ4n) is 1.60. The summed E-state index contributed by atoms with van der Waals surface area (Å²) in [7, 11) is 0. The molecule has 5 heteroatoms. The highest BCUT2D eigenvalue weighted by Crippen LogP contribution is 2.26. The highest BCUT2D eigenvalue weighted by atomic mass is 16.5. The molecular formula is C13H21N3O2. The fraction of sp³-hybridized carbons (Fsp3) is 0.462. The smallest absolute Gasteiger partial charge is 0.219 e. The summed E-state index contributed by atoms with van der Waals surface area (Å²) >= 11 is 0. The lowest BCUT2D eigenvalue weighted by molar-refractivity contribution is -0.118. The average Bonchev–Trinajstić information content (AvgIpc) is 2.28. The second kappa shape index (κ2) is 6.74. The van der Waals surface area contributed by atoms with Crippen LogP contribution in [0.25, 0.3) is 0 Å². The van der Waals surface area contributed by atoms with E-state index in [-0.39, 0.29) is 18.4 Å². The summed E-state index contributed by atoms with van der Waals surface area (Å²) in [4.78, 5) is 10.8. The summed E-state index contributed by atoms with van der Waals surface area (Å²) in [6, 6.07) is 5.45. The molecule has 0 heterocycles. The van der Waals surface area contributed by atoms with Crippen LogP contribution in [0.5, 0.6) is 5.75 Å². The molecule has 0 saturated heterocycles. The molecule has 1 aromatic carbocycles. The van der Waals surface area contributed by atoms with E-state index in [0.717, 1.165) is 12.1 Å². The maximum atomic E-state index is 10.8. The third-order valence-electron chi connectivity index (χ3n) is 2.40. The molecule has 0 aliphatic heterocycles. The number of nitrogen functional groups attached to an aromatic ring is 1. The van der Waals surface area contributed by atoms with Crippen molar-refractivity contribution < 1.29 is 9.53 Å². The second-order valence-electron chi connectivity index (χ2n) is 4.32. The first-order valence-corrected chi connectivity index (χ1v) is 6.10. The minimum atomic E-state index is -0.326. The van der Waals surface area contributed by atoms with E-state index in [1.54, 1.807) is 6.07 Å². The quantitative estimate of drug-likeness (QED) is 0.644. The summed E-state index contributed by atoms with van der Waals surface area (Å²) in [5, 5.41) is 3.18. The predicted octanol–water partition coefficient (Wildman–Crippen LogP) is 1.73. The largest absolute Gasteiger partial charge is 0.491 e. The Labute approximate surface area is 107 Å². The van der Waals surface area contributed by atoms with Crippen LogP contribution in [0.15, 0.2) is 18.2 Å². The van der Waals surface area contributed by atoms with E-state index in [9.17, 15) is 4.79 Å². The Hall–Kier alpha value is -1.91. The zero-order chi connectivity index (χ0) is 13.5. The van der Waals surface area contributed by atoms with Gasteiger partial charge in [-0.3, -0.25) is 4.79 Å². The molecule has 1 atom stereocenters. The molecule has 1 aromatic rings. The molecule has 0 spiro atoms. The Balaban J connectivity index is 2.68. The Bertz CT molecular complexity index is 407. The molecule has 0 aromatic heterocycles. The lowest BCUT2D eigenvalue weighted by Gasteiger charge is -2.15. The topological polar surface area (TPSA) is 90.4 Å². The molecule has 0 radical (unpaired) electrons. The van der Waals surface area contributed by atoms with Crippen LogP contribution in [0.3, 0.4) is 0 Å². The van der Waals surface area contributed by atoms with Gasteiger partial charge in [-0.25, -0.2) is 0 Å².